The summed E-state index contributed by atoms with van der Waals surface area (Å²) in [6.45, 7) is 0. The molecule has 4 aromatic rings. The number of aromatic nitrogens is 3. The molecule has 0 amide bonds. The summed E-state index contributed by atoms with van der Waals surface area (Å²) in [4.78, 5) is 16.0. The predicted molar refractivity (Wildman–Crippen MR) is 113 cm³/mol. The number of nitrogens with zero attached hydrogens (tertiary/aromatic N) is 3. The number of rotatable bonds is 5. The van der Waals surface area contributed by atoms with E-state index in [-0.39, 0.29) is 6.42 Å². The zero-order chi connectivity index (χ0) is 22.2. The van der Waals surface area contributed by atoms with E-state index in [9.17, 15) is 23.1 Å². The van der Waals surface area contributed by atoms with Crippen LogP contribution in [0.4, 0.5) is 13.2 Å². The molecule has 0 unspecified atom stereocenters. The van der Waals surface area contributed by atoms with Crippen LogP contribution in [0.25, 0.3) is 33.1 Å². The maximum absolute atomic E-state index is 12.9. The van der Waals surface area contributed by atoms with E-state index in [0.29, 0.717) is 27.4 Å². The van der Waals surface area contributed by atoms with E-state index in [1.165, 1.54) is 28.2 Å². The normalized spacial score (nSPS) is 12.5. The number of para-hydroxylation sites is 1. The van der Waals surface area contributed by atoms with E-state index in [4.69, 9.17) is 0 Å². The molecule has 0 saturated carbocycles. The van der Waals surface area contributed by atoms with Crippen LogP contribution in [0.1, 0.15) is 22.6 Å². The first-order chi connectivity index (χ1) is 14.7. The van der Waals surface area contributed by atoms with Gasteiger partial charge in [-0.1, -0.05) is 24.3 Å². The molecular weight excluding hydrogens is 427 g/mol. The minimum atomic E-state index is -4.42. The number of aryl methyl sites for hydroxylation is 1. The van der Waals surface area contributed by atoms with Crippen molar-refractivity contribution in [2.24, 2.45) is 7.05 Å². The second-order valence-electron chi connectivity index (χ2n) is 6.91. The monoisotopic (exact) mass is 443 g/mol. The first-order valence-corrected chi connectivity index (χ1v) is 10.0. The van der Waals surface area contributed by atoms with Crippen molar-refractivity contribution in [2.45, 2.75) is 12.6 Å². The topological polar surface area (TPSA) is 68.0 Å². The summed E-state index contributed by atoms with van der Waals surface area (Å²) in [6, 6.07) is 12.2. The molecule has 9 heteroatoms. The molecule has 0 aliphatic heterocycles. The van der Waals surface area contributed by atoms with Gasteiger partial charge in [-0.05, 0) is 35.9 Å². The van der Waals surface area contributed by atoms with Gasteiger partial charge in [-0.15, -0.1) is 11.3 Å². The zero-order valence-corrected chi connectivity index (χ0v) is 17.0. The Hall–Kier alpha value is -3.46. The summed E-state index contributed by atoms with van der Waals surface area (Å²) < 4.78 is 41.1. The highest BCUT2D eigenvalue weighted by Gasteiger charge is 2.30. The van der Waals surface area contributed by atoms with E-state index in [1.807, 2.05) is 24.3 Å². The quantitative estimate of drug-likeness (QED) is 0.428. The summed E-state index contributed by atoms with van der Waals surface area (Å²) in [5.41, 5.74) is 2.07. The number of carbonyl (C=O) groups is 1. The second-order valence-corrected chi connectivity index (χ2v) is 7.94. The lowest BCUT2D eigenvalue weighted by molar-refractivity contribution is -0.138. The minimum Gasteiger partial charge on any atom is -0.481 e. The lowest BCUT2D eigenvalue weighted by Crippen LogP contribution is -2.04. The van der Waals surface area contributed by atoms with E-state index in [1.54, 1.807) is 19.3 Å². The van der Waals surface area contributed by atoms with Gasteiger partial charge in [-0.25, -0.2) is 4.98 Å². The number of aliphatic carboxylic acids is 1. The summed E-state index contributed by atoms with van der Waals surface area (Å²) in [5.74, 6) is -1.01. The van der Waals surface area contributed by atoms with Gasteiger partial charge in [0.2, 0.25) is 0 Å². The number of carboxylic acid groups (broad SMARTS) is 1. The summed E-state index contributed by atoms with van der Waals surface area (Å²) in [7, 11) is 1.69. The van der Waals surface area contributed by atoms with Crippen LogP contribution >= 0.6 is 11.3 Å². The molecule has 2 aromatic carbocycles. The maximum Gasteiger partial charge on any atom is 0.416 e. The molecule has 4 rings (SSSR count). The van der Waals surface area contributed by atoms with Crippen molar-refractivity contribution in [3.8, 4) is 11.3 Å². The molecule has 2 aromatic heterocycles. The van der Waals surface area contributed by atoms with Gasteiger partial charge in [0.05, 0.1) is 27.9 Å². The van der Waals surface area contributed by atoms with E-state index >= 15 is 0 Å². The van der Waals surface area contributed by atoms with Crippen LogP contribution in [-0.2, 0) is 18.0 Å². The number of thiazole rings is 1. The van der Waals surface area contributed by atoms with Crippen molar-refractivity contribution >= 4 is 39.2 Å². The molecule has 1 N–H and O–H groups in total. The molecular formula is C22H16F3N3O2S. The fourth-order valence-electron chi connectivity index (χ4n) is 3.20. The van der Waals surface area contributed by atoms with Gasteiger partial charge in [-0.3, -0.25) is 9.48 Å². The Morgan fingerprint density at radius 3 is 2.52 bits per heavy atom. The molecule has 0 saturated heterocycles. The maximum atomic E-state index is 12.9. The van der Waals surface area contributed by atoms with Crippen LogP contribution in [0.3, 0.4) is 0 Å². The molecule has 0 fully saturated rings. The first-order valence-electron chi connectivity index (χ1n) is 9.20. The molecule has 2 heterocycles. The van der Waals surface area contributed by atoms with E-state index < -0.39 is 17.7 Å². The zero-order valence-electron chi connectivity index (χ0n) is 16.2. The van der Waals surface area contributed by atoms with Crippen LogP contribution in [0.5, 0.6) is 0 Å². The molecule has 0 radical (unpaired) electrons. The highest BCUT2D eigenvalue weighted by molar-refractivity contribution is 7.19. The van der Waals surface area contributed by atoms with Crippen molar-refractivity contribution in [2.75, 3.05) is 0 Å². The number of carboxylic acids is 1. The van der Waals surface area contributed by atoms with Crippen molar-refractivity contribution in [1.29, 1.82) is 0 Å². The van der Waals surface area contributed by atoms with Crippen LogP contribution in [0, 0.1) is 0 Å². The smallest absolute Gasteiger partial charge is 0.416 e. The standard InChI is InChI=1S/C22H16F3N3O2S/c1-28-12-15(20(27-28)13-6-8-16(9-7-13)22(23,24)25)10-14(11-19(29)30)21-26-17-4-2-3-5-18(17)31-21/h2-10,12H,11H2,1H3,(H,29,30)/b14-10+. The Kier molecular flexibility index (Phi) is 5.36. The van der Waals surface area contributed by atoms with Crippen molar-refractivity contribution < 1.29 is 23.1 Å². The third-order valence-electron chi connectivity index (χ3n) is 4.58. The highest BCUT2D eigenvalue weighted by atomic mass is 32.1. The number of fused-ring (bicyclic) bond motifs is 1. The fourth-order valence-corrected chi connectivity index (χ4v) is 4.18. The van der Waals surface area contributed by atoms with Crippen molar-refractivity contribution in [3.63, 3.8) is 0 Å². The first kappa shape index (κ1) is 20.8. The van der Waals surface area contributed by atoms with Gasteiger partial charge in [-0.2, -0.15) is 18.3 Å². The Bertz CT molecular complexity index is 1250. The van der Waals surface area contributed by atoms with Gasteiger partial charge in [0.15, 0.2) is 0 Å². The molecule has 0 atom stereocenters. The molecule has 0 aliphatic carbocycles. The summed E-state index contributed by atoms with van der Waals surface area (Å²) in [6.07, 6.45) is -1.29. The van der Waals surface area contributed by atoms with Crippen molar-refractivity contribution in [3.05, 3.63) is 70.9 Å². The summed E-state index contributed by atoms with van der Waals surface area (Å²) in [5, 5.41) is 14.3. The summed E-state index contributed by atoms with van der Waals surface area (Å²) >= 11 is 1.38. The van der Waals surface area contributed by atoms with Crippen LogP contribution in [0.2, 0.25) is 0 Å². The number of alkyl halides is 3. The molecule has 31 heavy (non-hydrogen) atoms. The highest BCUT2D eigenvalue weighted by Crippen LogP contribution is 2.34. The molecule has 5 nitrogen and oxygen atoms in total. The number of hydrogen-bond donors (Lipinski definition) is 1. The molecule has 0 aliphatic rings. The lowest BCUT2D eigenvalue weighted by Gasteiger charge is -2.07. The Morgan fingerprint density at radius 2 is 1.87 bits per heavy atom. The molecule has 158 valence electrons. The van der Waals surface area contributed by atoms with Crippen LogP contribution < -0.4 is 0 Å². The molecule has 0 spiro atoms. The van der Waals surface area contributed by atoms with Gasteiger partial charge < -0.3 is 5.11 Å². The van der Waals surface area contributed by atoms with E-state index in [2.05, 4.69) is 10.1 Å². The number of halogens is 3. The van der Waals surface area contributed by atoms with Gasteiger partial charge >= 0.3 is 12.1 Å². The third kappa shape index (κ3) is 4.51. The largest absolute Gasteiger partial charge is 0.481 e. The van der Waals surface area contributed by atoms with Crippen LogP contribution in [0.15, 0.2) is 54.7 Å². The predicted octanol–water partition coefficient (Wildman–Crippen LogP) is 5.73. The SMILES string of the molecule is Cn1cc(/C=C(\CC(=O)O)c2nc3ccccc3s2)c(-c2ccc(C(F)(F)F)cc2)n1. The fraction of sp³-hybridized carbons (Fsp3) is 0.136. The average molecular weight is 443 g/mol. The van der Waals surface area contributed by atoms with Crippen molar-refractivity contribution in [1.82, 2.24) is 14.8 Å². The van der Waals surface area contributed by atoms with Crippen LogP contribution in [-0.4, -0.2) is 25.8 Å². The Labute approximate surface area is 179 Å². The number of hydrogen-bond acceptors (Lipinski definition) is 4. The minimum absolute atomic E-state index is 0.249. The third-order valence-corrected chi connectivity index (χ3v) is 5.69. The molecule has 0 bridgehead atoms. The number of benzene rings is 2. The lowest BCUT2D eigenvalue weighted by atomic mass is 10.0. The second kappa shape index (κ2) is 7.99. The van der Waals surface area contributed by atoms with Gasteiger partial charge in [0.25, 0.3) is 0 Å². The Morgan fingerprint density at radius 1 is 1.16 bits per heavy atom. The van der Waals surface area contributed by atoms with E-state index in [0.717, 1.165) is 22.3 Å². The van der Waals surface area contributed by atoms with Gasteiger partial charge in [0.1, 0.15) is 5.01 Å². The van der Waals surface area contributed by atoms with Gasteiger partial charge in [0, 0.05) is 24.4 Å². The average Bonchev–Trinajstić information content (AvgIpc) is 3.30. The Balaban J connectivity index is 1.79.